The smallest absolute Gasteiger partial charge is 0.416 e. The average Bonchev–Trinajstić information content (AvgIpc) is 3.59. The van der Waals surface area contributed by atoms with E-state index in [-0.39, 0.29) is 11.7 Å². The van der Waals surface area contributed by atoms with Crippen molar-refractivity contribution in [1.29, 1.82) is 0 Å². The van der Waals surface area contributed by atoms with Crippen LogP contribution in [0.3, 0.4) is 0 Å². The number of ether oxygens (including phenoxy) is 1. The molecule has 3 aromatic carbocycles. The Labute approximate surface area is 179 Å². The molecule has 162 valence electrons. The minimum atomic E-state index is -4.31. The third-order valence-corrected chi connectivity index (χ3v) is 5.80. The fraction of sp³-hybridized carbons (Fsp3) is 0.308. The average molecular weight is 428 g/mol. The Morgan fingerprint density at radius 1 is 0.903 bits per heavy atom. The van der Waals surface area contributed by atoms with Crippen LogP contribution < -0.4 is 4.74 Å². The summed E-state index contributed by atoms with van der Waals surface area (Å²) in [7, 11) is 0. The molecule has 0 aliphatic heterocycles. The number of aryl methyl sites for hydroxylation is 1. The number of hydrogen-bond acceptors (Lipinski definition) is 1. The molecule has 0 amide bonds. The van der Waals surface area contributed by atoms with Crippen LogP contribution >= 0.6 is 0 Å². The lowest BCUT2D eigenvalue weighted by Gasteiger charge is -2.18. The second kappa shape index (κ2) is 9.13. The van der Waals surface area contributed by atoms with Crippen LogP contribution in [0.2, 0.25) is 0 Å². The zero-order chi connectivity index (χ0) is 21.8. The Bertz CT molecular complexity index is 992. The normalized spacial score (nSPS) is 15.0. The van der Waals surface area contributed by atoms with Gasteiger partial charge in [0.1, 0.15) is 5.75 Å². The Morgan fingerprint density at radius 2 is 1.61 bits per heavy atom. The molecule has 31 heavy (non-hydrogen) atoms. The van der Waals surface area contributed by atoms with Crippen LogP contribution in [-0.4, -0.2) is 0 Å². The quantitative estimate of drug-likeness (QED) is 0.329. The predicted octanol–water partition coefficient (Wildman–Crippen LogP) is 8.15. The molecule has 1 saturated carbocycles. The summed E-state index contributed by atoms with van der Waals surface area (Å²) in [5.41, 5.74) is 1.35. The van der Waals surface area contributed by atoms with Crippen LogP contribution in [0.5, 0.6) is 11.5 Å². The number of hydrogen-bond donors (Lipinski definition) is 0. The van der Waals surface area contributed by atoms with E-state index < -0.39 is 17.6 Å². The molecule has 0 N–H and O–H groups in total. The Balaban J connectivity index is 1.39. The highest BCUT2D eigenvalue weighted by Crippen LogP contribution is 2.45. The molecule has 0 heterocycles. The van der Waals surface area contributed by atoms with Gasteiger partial charge in [-0.25, -0.2) is 4.39 Å². The highest BCUT2D eigenvalue weighted by molar-refractivity contribution is 5.35. The van der Waals surface area contributed by atoms with Crippen molar-refractivity contribution >= 4 is 0 Å². The van der Waals surface area contributed by atoms with E-state index in [9.17, 15) is 17.6 Å². The molecular weight excluding hydrogens is 404 g/mol. The van der Waals surface area contributed by atoms with Gasteiger partial charge in [-0.1, -0.05) is 36.4 Å². The van der Waals surface area contributed by atoms with E-state index in [2.05, 4.69) is 0 Å². The van der Waals surface area contributed by atoms with Gasteiger partial charge in [0.05, 0.1) is 5.56 Å². The summed E-state index contributed by atoms with van der Waals surface area (Å²) in [6.07, 6.45) is 0.459. The summed E-state index contributed by atoms with van der Waals surface area (Å²) in [5, 5.41) is 0. The van der Waals surface area contributed by atoms with Crippen LogP contribution in [0.25, 0.3) is 0 Å². The lowest BCUT2D eigenvalue weighted by Crippen LogP contribution is -2.07. The van der Waals surface area contributed by atoms with Gasteiger partial charge in [0, 0.05) is 0 Å². The summed E-state index contributed by atoms with van der Waals surface area (Å²) < 4.78 is 58.3. The first kappa shape index (κ1) is 21.4. The minimum Gasteiger partial charge on any atom is -0.454 e. The van der Waals surface area contributed by atoms with Gasteiger partial charge in [-0.2, -0.15) is 13.2 Å². The number of benzene rings is 3. The molecule has 5 heteroatoms. The van der Waals surface area contributed by atoms with Gasteiger partial charge in [-0.15, -0.1) is 0 Å². The number of para-hydroxylation sites is 1. The molecule has 0 spiro atoms. The zero-order valence-corrected chi connectivity index (χ0v) is 17.0. The number of halogens is 4. The molecule has 3 aromatic rings. The van der Waals surface area contributed by atoms with Crippen LogP contribution in [0.1, 0.15) is 48.3 Å². The lowest BCUT2D eigenvalue weighted by atomic mass is 9.88. The SMILES string of the molecule is Fc1ccc(CCCC(c2ccc(C(F)(F)F)cc2)C2CC2)cc1Oc1ccccc1. The first-order valence-electron chi connectivity index (χ1n) is 10.6. The van der Waals surface area contributed by atoms with E-state index in [0.717, 1.165) is 43.2 Å². The van der Waals surface area contributed by atoms with Crippen molar-refractivity contribution in [2.45, 2.75) is 44.2 Å². The Hall–Kier alpha value is -2.82. The van der Waals surface area contributed by atoms with Gasteiger partial charge in [0.2, 0.25) is 0 Å². The number of rotatable bonds is 8. The molecule has 0 aromatic heterocycles. The third kappa shape index (κ3) is 5.66. The van der Waals surface area contributed by atoms with Crippen LogP contribution in [0.4, 0.5) is 17.6 Å². The first-order chi connectivity index (χ1) is 14.9. The molecule has 1 aliphatic rings. The fourth-order valence-electron chi connectivity index (χ4n) is 4.02. The van der Waals surface area contributed by atoms with E-state index in [0.29, 0.717) is 11.7 Å². The standard InChI is InChI=1S/C26H24F4O/c27-24-16-9-18(17-25(24)31-22-6-2-1-3-7-22)5-4-8-23(19-10-11-19)20-12-14-21(15-13-20)26(28,29)30/h1-3,6-7,9,12-17,19,23H,4-5,8,10-11H2. The molecule has 1 unspecified atom stereocenters. The van der Waals surface area contributed by atoms with Crippen LogP contribution in [0.15, 0.2) is 72.8 Å². The fourth-order valence-corrected chi connectivity index (χ4v) is 4.02. The van der Waals surface area contributed by atoms with Crippen molar-refractivity contribution < 1.29 is 22.3 Å². The molecule has 1 nitrogen and oxygen atoms in total. The van der Waals surface area contributed by atoms with Crippen LogP contribution in [0, 0.1) is 11.7 Å². The second-order valence-corrected chi connectivity index (χ2v) is 8.14. The van der Waals surface area contributed by atoms with Crippen molar-refractivity contribution in [2.75, 3.05) is 0 Å². The van der Waals surface area contributed by atoms with Gasteiger partial charge in [0.15, 0.2) is 11.6 Å². The minimum absolute atomic E-state index is 0.199. The van der Waals surface area contributed by atoms with Crippen molar-refractivity contribution in [1.82, 2.24) is 0 Å². The monoisotopic (exact) mass is 428 g/mol. The molecule has 4 rings (SSSR count). The number of alkyl halides is 3. The van der Waals surface area contributed by atoms with Crippen molar-refractivity contribution in [2.24, 2.45) is 5.92 Å². The summed E-state index contributed by atoms with van der Waals surface area (Å²) in [5.74, 6) is 1.18. The summed E-state index contributed by atoms with van der Waals surface area (Å²) in [6, 6.07) is 19.6. The molecule has 1 atom stereocenters. The highest BCUT2D eigenvalue weighted by atomic mass is 19.4. The summed E-state index contributed by atoms with van der Waals surface area (Å²) >= 11 is 0. The van der Waals surface area contributed by atoms with Gasteiger partial charge < -0.3 is 4.74 Å². The van der Waals surface area contributed by atoms with Gasteiger partial charge in [0.25, 0.3) is 0 Å². The first-order valence-corrected chi connectivity index (χ1v) is 10.6. The van der Waals surface area contributed by atoms with E-state index in [1.165, 1.54) is 18.2 Å². The van der Waals surface area contributed by atoms with E-state index in [4.69, 9.17) is 4.74 Å². The highest BCUT2D eigenvalue weighted by Gasteiger charge is 2.33. The maximum Gasteiger partial charge on any atom is 0.416 e. The van der Waals surface area contributed by atoms with Gasteiger partial charge >= 0.3 is 6.18 Å². The Kier molecular flexibility index (Phi) is 6.30. The molecule has 1 fully saturated rings. The maximum atomic E-state index is 14.2. The van der Waals surface area contributed by atoms with E-state index >= 15 is 0 Å². The van der Waals surface area contributed by atoms with Crippen LogP contribution in [-0.2, 0) is 12.6 Å². The van der Waals surface area contributed by atoms with Gasteiger partial charge in [-0.05, 0) is 91.5 Å². The molecule has 0 saturated heterocycles. The molecule has 0 bridgehead atoms. The largest absolute Gasteiger partial charge is 0.454 e. The van der Waals surface area contributed by atoms with Crippen molar-refractivity contribution in [3.63, 3.8) is 0 Å². The van der Waals surface area contributed by atoms with E-state index in [1.807, 2.05) is 18.2 Å². The summed E-state index contributed by atoms with van der Waals surface area (Å²) in [6.45, 7) is 0. The van der Waals surface area contributed by atoms with Crippen molar-refractivity contribution in [3.8, 4) is 11.5 Å². The lowest BCUT2D eigenvalue weighted by molar-refractivity contribution is -0.137. The topological polar surface area (TPSA) is 9.23 Å². The summed E-state index contributed by atoms with van der Waals surface area (Å²) in [4.78, 5) is 0. The Morgan fingerprint density at radius 3 is 2.26 bits per heavy atom. The second-order valence-electron chi connectivity index (χ2n) is 8.14. The molecule has 0 radical (unpaired) electrons. The van der Waals surface area contributed by atoms with Gasteiger partial charge in [-0.3, -0.25) is 0 Å². The molecule has 1 aliphatic carbocycles. The van der Waals surface area contributed by atoms with Crippen molar-refractivity contribution in [3.05, 3.63) is 95.3 Å². The third-order valence-electron chi connectivity index (χ3n) is 5.80. The molecular formula is C26H24F4O. The maximum absolute atomic E-state index is 14.2. The predicted molar refractivity (Wildman–Crippen MR) is 113 cm³/mol. The van der Waals surface area contributed by atoms with E-state index in [1.54, 1.807) is 36.4 Å². The zero-order valence-electron chi connectivity index (χ0n) is 17.0.